The first-order valence-corrected chi connectivity index (χ1v) is 9.62. The standard InChI is InChI=1S/C20H25N5O2/c26-19-11-18(15-24(19)13-17-3-1-6-21-12-17)20(27)23-9-4-16(5-10-23)14-25-8-2-7-22-25/h1-3,6-8,12,16,18H,4-5,9-11,13-15H2. The van der Waals surface area contributed by atoms with Crippen LogP contribution < -0.4 is 0 Å². The maximum Gasteiger partial charge on any atom is 0.227 e. The highest BCUT2D eigenvalue weighted by Crippen LogP contribution is 2.25. The van der Waals surface area contributed by atoms with Gasteiger partial charge in [-0.3, -0.25) is 19.3 Å². The number of aromatic nitrogens is 3. The maximum atomic E-state index is 12.9. The van der Waals surface area contributed by atoms with E-state index in [0.29, 0.717) is 25.4 Å². The Bertz CT molecular complexity index is 769. The molecule has 0 spiro atoms. The van der Waals surface area contributed by atoms with Crippen molar-refractivity contribution in [2.45, 2.75) is 32.4 Å². The third-order valence-corrected chi connectivity index (χ3v) is 5.59. The Hall–Kier alpha value is -2.70. The molecule has 7 heteroatoms. The summed E-state index contributed by atoms with van der Waals surface area (Å²) >= 11 is 0. The number of pyridine rings is 1. The third-order valence-electron chi connectivity index (χ3n) is 5.59. The van der Waals surface area contributed by atoms with Crippen molar-refractivity contribution in [1.82, 2.24) is 24.6 Å². The average Bonchev–Trinajstić information content (AvgIpc) is 3.33. The predicted molar refractivity (Wildman–Crippen MR) is 99.3 cm³/mol. The first kappa shape index (κ1) is 17.7. The molecular weight excluding hydrogens is 342 g/mol. The molecule has 0 aromatic carbocycles. The van der Waals surface area contributed by atoms with E-state index >= 15 is 0 Å². The van der Waals surface area contributed by atoms with Gasteiger partial charge < -0.3 is 9.80 Å². The van der Waals surface area contributed by atoms with Gasteiger partial charge in [-0.15, -0.1) is 0 Å². The second-order valence-corrected chi connectivity index (χ2v) is 7.53. The Morgan fingerprint density at radius 1 is 1.19 bits per heavy atom. The Labute approximate surface area is 159 Å². The van der Waals surface area contributed by atoms with Crippen LogP contribution in [0.5, 0.6) is 0 Å². The Balaban J connectivity index is 1.28. The SMILES string of the molecule is O=C1CC(C(=O)N2CCC(Cn3cccn3)CC2)CN1Cc1cccnc1. The van der Waals surface area contributed by atoms with Gasteiger partial charge in [0.15, 0.2) is 0 Å². The number of likely N-dealkylation sites (tertiary alicyclic amines) is 2. The molecule has 4 rings (SSSR count). The number of amides is 2. The smallest absolute Gasteiger partial charge is 0.227 e. The summed E-state index contributed by atoms with van der Waals surface area (Å²) in [4.78, 5) is 33.0. The fraction of sp³-hybridized carbons (Fsp3) is 0.500. The van der Waals surface area contributed by atoms with Crippen molar-refractivity contribution >= 4 is 11.8 Å². The topological polar surface area (TPSA) is 71.3 Å². The van der Waals surface area contributed by atoms with E-state index in [4.69, 9.17) is 0 Å². The zero-order valence-corrected chi connectivity index (χ0v) is 15.4. The number of piperidine rings is 1. The van der Waals surface area contributed by atoms with Crippen molar-refractivity contribution in [3.05, 3.63) is 48.5 Å². The van der Waals surface area contributed by atoms with Crippen molar-refractivity contribution in [2.24, 2.45) is 11.8 Å². The van der Waals surface area contributed by atoms with Gasteiger partial charge in [-0.25, -0.2) is 0 Å². The summed E-state index contributed by atoms with van der Waals surface area (Å²) in [6.07, 6.45) is 9.58. The first-order valence-electron chi connectivity index (χ1n) is 9.62. The number of nitrogens with zero attached hydrogens (tertiary/aromatic N) is 5. The fourth-order valence-corrected chi connectivity index (χ4v) is 4.07. The molecule has 0 N–H and O–H groups in total. The van der Waals surface area contributed by atoms with E-state index in [2.05, 4.69) is 10.1 Å². The summed E-state index contributed by atoms with van der Waals surface area (Å²) in [5, 5.41) is 4.27. The van der Waals surface area contributed by atoms with Gasteiger partial charge in [0.1, 0.15) is 0 Å². The van der Waals surface area contributed by atoms with E-state index in [1.165, 1.54) is 0 Å². The molecule has 1 atom stereocenters. The van der Waals surface area contributed by atoms with E-state index < -0.39 is 0 Å². The van der Waals surface area contributed by atoms with E-state index in [9.17, 15) is 9.59 Å². The highest BCUT2D eigenvalue weighted by atomic mass is 16.2. The zero-order chi connectivity index (χ0) is 18.6. The van der Waals surface area contributed by atoms with Gasteiger partial charge in [-0.2, -0.15) is 5.10 Å². The van der Waals surface area contributed by atoms with Crippen LogP contribution in [0.25, 0.3) is 0 Å². The van der Waals surface area contributed by atoms with Crippen LogP contribution in [-0.4, -0.2) is 56.0 Å². The lowest BCUT2D eigenvalue weighted by molar-refractivity contribution is -0.137. The summed E-state index contributed by atoms with van der Waals surface area (Å²) < 4.78 is 1.97. The summed E-state index contributed by atoms with van der Waals surface area (Å²) in [6, 6.07) is 5.76. The monoisotopic (exact) mass is 367 g/mol. The molecule has 1 unspecified atom stereocenters. The summed E-state index contributed by atoms with van der Waals surface area (Å²) in [7, 11) is 0. The van der Waals surface area contributed by atoms with Crippen molar-refractivity contribution in [3.63, 3.8) is 0 Å². The van der Waals surface area contributed by atoms with Crippen molar-refractivity contribution in [1.29, 1.82) is 0 Å². The van der Waals surface area contributed by atoms with Crippen LogP contribution in [0.15, 0.2) is 43.0 Å². The molecule has 2 saturated heterocycles. The molecule has 7 nitrogen and oxygen atoms in total. The molecule has 2 aliphatic heterocycles. The molecular formula is C20H25N5O2. The summed E-state index contributed by atoms with van der Waals surface area (Å²) in [5.74, 6) is 0.540. The van der Waals surface area contributed by atoms with Gasteiger partial charge in [0.25, 0.3) is 0 Å². The highest BCUT2D eigenvalue weighted by Gasteiger charge is 2.37. The van der Waals surface area contributed by atoms with E-state index in [1.807, 2.05) is 34.0 Å². The molecule has 0 aliphatic carbocycles. The molecule has 0 radical (unpaired) electrons. The highest BCUT2D eigenvalue weighted by molar-refractivity contribution is 5.89. The van der Waals surface area contributed by atoms with Crippen molar-refractivity contribution < 1.29 is 9.59 Å². The minimum absolute atomic E-state index is 0.0609. The molecule has 2 fully saturated rings. The van der Waals surface area contributed by atoms with Gasteiger partial charge in [0.05, 0.1) is 5.92 Å². The molecule has 4 heterocycles. The lowest BCUT2D eigenvalue weighted by Gasteiger charge is -2.33. The van der Waals surface area contributed by atoms with Crippen LogP contribution in [-0.2, 0) is 22.7 Å². The predicted octanol–water partition coefficient (Wildman–Crippen LogP) is 1.57. The van der Waals surface area contributed by atoms with E-state index in [1.54, 1.807) is 23.5 Å². The molecule has 0 bridgehead atoms. The van der Waals surface area contributed by atoms with Crippen LogP contribution >= 0.6 is 0 Å². The maximum absolute atomic E-state index is 12.9. The van der Waals surface area contributed by atoms with Crippen molar-refractivity contribution in [2.75, 3.05) is 19.6 Å². The van der Waals surface area contributed by atoms with Gasteiger partial charge in [-0.1, -0.05) is 6.07 Å². The second kappa shape index (κ2) is 7.90. The summed E-state index contributed by atoms with van der Waals surface area (Å²) in [6.45, 7) is 3.51. The van der Waals surface area contributed by atoms with Gasteiger partial charge >= 0.3 is 0 Å². The number of hydrogen-bond acceptors (Lipinski definition) is 4. The molecule has 142 valence electrons. The average molecular weight is 367 g/mol. The van der Waals surface area contributed by atoms with Gasteiger partial charge in [-0.05, 0) is 36.5 Å². The van der Waals surface area contributed by atoms with E-state index in [-0.39, 0.29) is 17.7 Å². The quantitative estimate of drug-likeness (QED) is 0.804. The van der Waals surface area contributed by atoms with Gasteiger partial charge in [0, 0.05) is 63.9 Å². The minimum Gasteiger partial charge on any atom is -0.342 e. The Kier molecular flexibility index (Phi) is 5.18. The van der Waals surface area contributed by atoms with Crippen LogP contribution in [0.1, 0.15) is 24.8 Å². The summed E-state index contributed by atoms with van der Waals surface area (Å²) in [5.41, 5.74) is 0.999. The van der Waals surface area contributed by atoms with Crippen LogP contribution in [0, 0.1) is 11.8 Å². The molecule has 0 saturated carbocycles. The molecule has 2 aliphatic rings. The zero-order valence-electron chi connectivity index (χ0n) is 15.4. The number of hydrogen-bond donors (Lipinski definition) is 0. The molecule has 2 aromatic heterocycles. The van der Waals surface area contributed by atoms with Crippen LogP contribution in [0.4, 0.5) is 0 Å². The van der Waals surface area contributed by atoms with Gasteiger partial charge in [0.2, 0.25) is 11.8 Å². The molecule has 2 aromatic rings. The molecule has 27 heavy (non-hydrogen) atoms. The Morgan fingerprint density at radius 3 is 2.74 bits per heavy atom. The largest absolute Gasteiger partial charge is 0.342 e. The second-order valence-electron chi connectivity index (χ2n) is 7.53. The van der Waals surface area contributed by atoms with Crippen LogP contribution in [0.2, 0.25) is 0 Å². The van der Waals surface area contributed by atoms with Crippen molar-refractivity contribution in [3.8, 4) is 0 Å². The fourth-order valence-electron chi connectivity index (χ4n) is 4.07. The normalized spacial score (nSPS) is 21.0. The van der Waals surface area contributed by atoms with E-state index in [0.717, 1.165) is 38.0 Å². The molecule has 2 amide bonds. The lowest BCUT2D eigenvalue weighted by Crippen LogP contribution is -2.43. The number of carbonyl (C=O) groups is 2. The Morgan fingerprint density at radius 2 is 2.04 bits per heavy atom. The lowest BCUT2D eigenvalue weighted by atomic mass is 9.95. The third kappa shape index (κ3) is 4.18. The number of carbonyl (C=O) groups excluding carboxylic acids is 2. The minimum atomic E-state index is -0.211. The first-order chi connectivity index (χ1) is 13.2. The van der Waals surface area contributed by atoms with Crippen LogP contribution in [0.3, 0.4) is 0 Å². The number of rotatable bonds is 5.